The minimum atomic E-state index is -0.0821. The molecule has 7 heteroatoms. The first-order chi connectivity index (χ1) is 15.9. The van der Waals surface area contributed by atoms with E-state index in [1.54, 1.807) is 14.2 Å². The zero-order valence-corrected chi connectivity index (χ0v) is 20.0. The van der Waals surface area contributed by atoms with Crippen molar-refractivity contribution in [3.05, 3.63) is 53.6 Å². The lowest BCUT2D eigenvalue weighted by molar-refractivity contribution is -0.124. The Labute approximate surface area is 196 Å². The van der Waals surface area contributed by atoms with E-state index >= 15 is 0 Å². The zero-order chi connectivity index (χ0) is 23.8. The molecule has 0 atom stereocenters. The fourth-order valence-electron chi connectivity index (χ4n) is 4.03. The number of rotatable bonds is 9. The molecule has 178 valence electrons. The van der Waals surface area contributed by atoms with Gasteiger partial charge < -0.3 is 25.0 Å². The van der Waals surface area contributed by atoms with E-state index in [1.807, 2.05) is 56.3 Å². The summed E-state index contributed by atoms with van der Waals surface area (Å²) in [6.45, 7) is 5.94. The van der Waals surface area contributed by atoms with Crippen LogP contribution in [0, 0.1) is 5.92 Å². The van der Waals surface area contributed by atoms with E-state index in [0.717, 1.165) is 37.2 Å². The number of benzene rings is 2. The predicted octanol–water partition coefficient (Wildman–Crippen LogP) is 3.42. The molecule has 1 fully saturated rings. The SMILES string of the molecule is COc1ccc(CCNC(=O)c2ccccc2N2CCC(NC(=O)C(C)C)CC2)cc1OC. The topological polar surface area (TPSA) is 79.9 Å². The fourth-order valence-corrected chi connectivity index (χ4v) is 4.03. The lowest BCUT2D eigenvalue weighted by Gasteiger charge is -2.35. The Hall–Kier alpha value is -3.22. The Bertz CT molecular complexity index is 952. The van der Waals surface area contributed by atoms with Crippen molar-refractivity contribution in [2.45, 2.75) is 39.2 Å². The Kier molecular flexibility index (Phi) is 8.58. The third kappa shape index (κ3) is 6.40. The van der Waals surface area contributed by atoms with Crippen LogP contribution >= 0.6 is 0 Å². The largest absolute Gasteiger partial charge is 0.493 e. The highest BCUT2D eigenvalue weighted by Crippen LogP contribution is 2.28. The molecule has 0 aromatic heterocycles. The van der Waals surface area contributed by atoms with E-state index in [-0.39, 0.29) is 23.8 Å². The first-order valence-corrected chi connectivity index (χ1v) is 11.6. The Balaban J connectivity index is 1.57. The van der Waals surface area contributed by atoms with Gasteiger partial charge in [0.15, 0.2) is 11.5 Å². The minimum Gasteiger partial charge on any atom is -0.493 e. The fraction of sp³-hybridized carbons (Fsp3) is 0.462. The molecule has 2 N–H and O–H groups in total. The number of hydrogen-bond donors (Lipinski definition) is 2. The molecular formula is C26H35N3O4. The number of ether oxygens (including phenoxy) is 2. The van der Waals surface area contributed by atoms with Crippen molar-refractivity contribution in [1.29, 1.82) is 0 Å². The van der Waals surface area contributed by atoms with Crippen LogP contribution in [0.3, 0.4) is 0 Å². The van der Waals surface area contributed by atoms with Gasteiger partial charge in [-0.25, -0.2) is 0 Å². The average Bonchev–Trinajstić information content (AvgIpc) is 2.84. The molecule has 3 rings (SSSR count). The van der Waals surface area contributed by atoms with Gasteiger partial charge in [0, 0.05) is 37.3 Å². The lowest BCUT2D eigenvalue weighted by atomic mass is 10.0. The second kappa shape index (κ2) is 11.6. The van der Waals surface area contributed by atoms with Gasteiger partial charge in [0.05, 0.1) is 19.8 Å². The lowest BCUT2D eigenvalue weighted by Crippen LogP contribution is -2.46. The second-order valence-corrected chi connectivity index (χ2v) is 8.64. The number of amides is 2. The molecule has 0 spiro atoms. The molecule has 1 aliphatic heterocycles. The Morgan fingerprint density at radius 3 is 2.39 bits per heavy atom. The molecule has 0 bridgehead atoms. The summed E-state index contributed by atoms with van der Waals surface area (Å²) in [7, 11) is 3.22. The van der Waals surface area contributed by atoms with E-state index in [2.05, 4.69) is 15.5 Å². The summed E-state index contributed by atoms with van der Waals surface area (Å²) in [5, 5.41) is 6.17. The molecule has 1 aliphatic rings. The van der Waals surface area contributed by atoms with Crippen molar-refractivity contribution in [3.63, 3.8) is 0 Å². The summed E-state index contributed by atoms with van der Waals surface area (Å²) in [6.07, 6.45) is 2.43. The smallest absolute Gasteiger partial charge is 0.253 e. The quantitative estimate of drug-likeness (QED) is 0.608. The molecule has 1 saturated heterocycles. The highest BCUT2D eigenvalue weighted by Gasteiger charge is 2.24. The monoisotopic (exact) mass is 453 g/mol. The van der Waals surface area contributed by atoms with Crippen LogP contribution in [-0.2, 0) is 11.2 Å². The predicted molar refractivity (Wildman–Crippen MR) is 130 cm³/mol. The van der Waals surface area contributed by atoms with E-state index in [0.29, 0.717) is 30.0 Å². The van der Waals surface area contributed by atoms with Gasteiger partial charge in [0.25, 0.3) is 5.91 Å². The molecule has 7 nitrogen and oxygen atoms in total. The molecule has 2 aromatic rings. The number of para-hydroxylation sites is 1. The van der Waals surface area contributed by atoms with Gasteiger partial charge in [-0.05, 0) is 49.1 Å². The van der Waals surface area contributed by atoms with Gasteiger partial charge in [-0.2, -0.15) is 0 Å². The van der Waals surface area contributed by atoms with Crippen molar-refractivity contribution in [1.82, 2.24) is 10.6 Å². The highest BCUT2D eigenvalue weighted by molar-refractivity contribution is 5.99. The summed E-state index contributed by atoms with van der Waals surface area (Å²) in [5.74, 6) is 1.38. The van der Waals surface area contributed by atoms with Crippen LogP contribution < -0.4 is 25.0 Å². The number of piperidine rings is 1. The number of nitrogens with zero attached hydrogens (tertiary/aromatic N) is 1. The maximum Gasteiger partial charge on any atom is 0.253 e. The number of hydrogen-bond acceptors (Lipinski definition) is 5. The van der Waals surface area contributed by atoms with Crippen LogP contribution in [0.15, 0.2) is 42.5 Å². The number of carbonyl (C=O) groups is 2. The molecular weight excluding hydrogens is 418 g/mol. The van der Waals surface area contributed by atoms with Crippen molar-refractivity contribution in [3.8, 4) is 11.5 Å². The van der Waals surface area contributed by atoms with E-state index in [1.165, 1.54) is 0 Å². The normalized spacial score (nSPS) is 14.2. The Morgan fingerprint density at radius 1 is 1.03 bits per heavy atom. The molecule has 0 saturated carbocycles. The maximum atomic E-state index is 13.0. The van der Waals surface area contributed by atoms with E-state index in [9.17, 15) is 9.59 Å². The van der Waals surface area contributed by atoms with Crippen LogP contribution in [-0.4, -0.2) is 51.7 Å². The van der Waals surface area contributed by atoms with Gasteiger partial charge in [0.1, 0.15) is 0 Å². The van der Waals surface area contributed by atoms with Gasteiger partial charge in [-0.3, -0.25) is 9.59 Å². The van der Waals surface area contributed by atoms with Gasteiger partial charge >= 0.3 is 0 Å². The maximum absolute atomic E-state index is 13.0. The standard InChI is InChI=1S/C26H35N3O4/c1-18(2)25(30)28-20-12-15-29(16-13-20)22-8-6-5-7-21(22)26(31)27-14-11-19-9-10-23(32-3)24(17-19)33-4/h5-10,17-18,20H,11-16H2,1-4H3,(H,27,31)(H,28,30). The molecule has 1 heterocycles. The van der Waals surface area contributed by atoms with Crippen molar-refractivity contribution in [2.75, 3.05) is 38.8 Å². The zero-order valence-electron chi connectivity index (χ0n) is 20.0. The molecule has 0 radical (unpaired) electrons. The summed E-state index contributed by atoms with van der Waals surface area (Å²) in [5.41, 5.74) is 2.68. The van der Waals surface area contributed by atoms with Crippen LogP contribution in [0.4, 0.5) is 5.69 Å². The van der Waals surface area contributed by atoms with Crippen LogP contribution in [0.5, 0.6) is 11.5 Å². The number of anilines is 1. The summed E-state index contributed by atoms with van der Waals surface area (Å²) >= 11 is 0. The van der Waals surface area contributed by atoms with Gasteiger partial charge in [-0.1, -0.05) is 32.0 Å². The van der Waals surface area contributed by atoms with Crippen LogP contribution in [0.25, 0.3) is 0 Å². The molecule has 33 heavy (non-hydrogen) atoms. The van der Waals surface area contributed by atoms with Crippen molar-refractivity contribution in [2.24, 2.45) is 5.92 Å². The number of methoxy groups -OCH3 is 2. The third-order valence-corrected chi connectivity index (χ3v) is 6.00. The first kappa shape index (κ1) is 24.4. The minimum absolute atomic E-state index is 0.00791. The van der Waals surface area contributed by atoms with Crippen molar-refractivity contribution >= 4 is 17.5 Å². The van der Waals surface area contributed by atoms with Crippen LogP contribution in [0.1, 0.15) is 42.6 Å². The second-order valence-electron chi connectivity index (χ2n) is 8.64. The Morgan fingerprint density at radius 2 is 1.73 bits per heavy atom. The summed E-state index contributed by atoms with van der Waals surface area (Å²) < 4.78 is 10.6. The van der Waals surface area contributed by atoms with E-state index in [4.69, 9.17) is 9.47 Å². The first-order valence-electron chi connectivity index (χ1n) is 11.6. The molecule has 0 unspecified atom stereocenters. The molecule has 2 amide bonds. The van der Waals surface area contributed by atoms with Gasteiger partial charge in [-0.15, -0.1) is 0 Å². The third-order valence-electron chi connectivity index (χ3n) is 6.00. The summed E-state index contributed by atoms with van der Waals surface area (Å²) in [4.78, 5) is 27.2. The highest BCUT2D eigenvalue weighted by atomic mass is 16.5. The number of nitrogens with one attached hydrogen (secondary N) is 2. The molecule has 0 aliphatic carbocycles. The van der Waals surface area contributed by atoms with Gasteiger partial charge in [0.2, 0.25) is 5.91 Å². The molecule has 2 aromatic carbocycles. The van der Waals surface area contributed by atoms with Crippen LogP contribution in [0.2, 0.25) is 0 Å². The number of carbonyl (C=O) groups excluding carboxylic acids is 2. The van der Waals surface area contributed by atoms with Crippen molar-refractivity contribution < 1.29 is 19.1 Å². The van der Waals surface area contributed by atoms with E-state index < -0.39 is 0 Å². The average molecular weight is 454 g/mol. The summed E-state index contributed by atoms with van der Waals surface area (Å²) in [6, 6.07) is 13.7.